The molecule has 0 spiro atoms. The molecular formula is C14H16N2OS. The van der Waals surface area contributed by atoms with Crippen LogP contribution in [0.5, 0.6) is 0 Å². The lowest BCUT2D eigenvalue weighted by Gasteiger charge is -2.21. The van der Waals surface area contributed by atoms with Crippen molar-refractivity contribution in [1.82, 2.24) is 9.97 Å². The van der Waals surface area contributed by atoms with Gasteiger partial charge in [0.15, 0.2) is 10.9 Å². The molecule has 0 radical (unpaired) electrons. The second-order valence-corrected chi connectivity index (χ2v) is 6.48. The maximum atomic E-state index is 12.5. The lowest BCUT2D eigenvalue weighted by atomic mass is 9.80. The first-order chi connectivity index (χ1) is 8.24. The van der Waals surface area contributed by atoms with E-state index >= 15 is 0 Å². The maximum Gasteiger partial charge on any atom is 0.163 e. The number of hydrogen-bond donors (Lipinski definition) is 2. The quantitative estimate of drug-likeness (QED) is 0.715. The monoisotopic (exact) mass is 260 g/mol. The molecule has 1 aliphatic rings. The number of Topliss-reactive ketones (excluding diaryl/α,β-unsaturated/α-hetero) is 1. The number of nitrogens with zero attached hydrogens (tertiary/aromatic N) is 1. The number of carbonyl (C=O) groups is 1. The zero-order valence-electron chi connectivity index (χ0n) is 11.0. The Morgan fingerprint density at radius 2 is 1.67 bits per heavy atom. The molecule has 0 aliphatic heterocycles. The summed E-state index contributed by atoms with van der Waals surface area (Å²) in [5.74, 6) is 0.267. The van der Waals surface area contributed by atoms with Gasteiger partial charge in [0.25, 0.3) is 0 Å². The molecule has 0 saturated heterocycles. The van der Waals surface area contributed by atoms with Crippen LogP contribution < -0.4 is 0 Å². The lowest BCUT2D eigenvalue weighted by molar-refractivity contribution is -0.126. The first-order valence-electron chi connectivity index (χ1n) is 6.03. The van der Waals surface area contributed by atoms with Gasteiger partial charge in [-0.15, -0.1) is 12.6 Å². The van der Waals surface area contributed by atoms with Gasteiger partial charge in [0, 0.05) is 10.8 Å². The summed E-state index contributed by atoms with van der Waals surface area (Å²) >= 11 is 4.23. The summed E-state index contributed by atoms with van der Waals surface area (Å²) in [7, 11) is 0. The number of imidazole rings is 1. The second kappa shape index (κ2) is 3.18. The minimum Gasteiger partial charge on any atom is -0.333 e. The molecule has 1 N–H and O–H groups in total. The number of carbonyl (C=O) groups excluding carboxylic acids is 1. The molecule has 0 amide bonds. The van der Waals surface area contributed by atoms with E-state index < -0.39 is 10.8 Å². The Labute approximate surface area is 111 Å². The van der Waals surface area contributed by atoms with Crippen molar-refractivity contribution >= 4 is 29.4 Å². The van der Waals surface area contributed by atoms with Crippen LogP contribution in [-0.2, 0) is 15.6 Å². The second-order valence-electron chi connectivity index (χ2n) is 6.05. The van der Waals surface area contributed by atoms with Crippen molar-refractivity contribution in [2.75, 3.05) is 0 Å². The zero-order chi connectivity index (χ0) is 13.3. The average molecular weight is 260 g/mol. The number of fused-ring (bicyclic) bond motifs is 2. The molecule has 0 unspecified atom stereocenters. The van der Waals surface area contributed by atoms with Gasteiger partial charge in [-0.1, -0.05) is 0 Å². The SMILES string of the molecule is CC1(C)C(=O)C(C)(C)c2cc3[nH]c(S)nc3cc21. The van der Waals surface area contributed by atoms with Crippen molar-refractivity contribution in [2.45, 2.75) is 43.7 Å². The number of hydrogen-bond acceptors (Lipinski definition) is 3. The molecule has 94 valence electrons. The van der Waals surface area contributed by atoms with Gasteiger partial charge in [-0.05, 0) is 51.0 Å². The molecule has 0 fully saturated rings. The van der Waals surface area contributed by atoms with Crippen molar-refractivity contribution < 1.29 is 4.79 Å². The van der Waals surface area contributed by atoms with E-state index in [-0.39, 0.29) is 5.78 Å². The smallest absolute Gasteiger partial charge is 0.163 e. The Kier molecular flexibility index (Phi) is 2.08. The van der Waals surface area contributed by atoms with Crippen LogP contribution in [0.2, 0.25) is 0 Å². The number of aromatic amines is 1. The molecule has 2 aromatic rings. The molecule has 3 rings (SSSR count). The number of H-pyrrole nitrogens is 1. The number of rotatable bonds is 0. The zero-order valence-corrected chi connectivity index (χ0v) is 11.9. The molecule has 0 saturated carbocycles. The van der Waals surface area contributed by atoms with Crippen LogP contribution >= 0.6 is 12.6 Å². The van der Waals surface area contributed by atoms with Crippen molar-refractivity contribution in [2.24, 2.45) is 0 Å². The van der Waals surface area contributed by atoms with Gasteiger partial charge in [-0.25, -0.2) is 4.98 Å². The van der Waals surface area contributed by atoms with Gasteiger partial charge in [-0.2, -0.15) is 0 Å². The van der Waals surface area contributed by atoms with E-state index in [4.69, 9.17) is 0 Å². The first kappa shape index (κ1) is 11.8. The lowest BCUT2D eigenvalue weighted by Crippen LogP contribution is -2.33. The summed E-state index contributed by atoms with van der Waals surface area (Å²) in [6, 6.07) is 4.07. The third kappa shape index (κ3) is 1.27. The fourth-order valence-electron chi connectivity index (χ4n) is 3.10. The average Bonchev–Trinajstić information content (AvgIpc) is 2.69. The normalized spacial score (nSPS) is 20.4. The highest BCUT2D eigenvalue weighted by molar-refractivity contribution is 7.80. The topological polar surface area (TPSA) is 45.8 Å². The van der Waals surface area contributed by atoms with Crippen LogP contribution in [0.15, 0.2) is 17.3 Å². The van der Waals surface area contributed by atoms with E-state index in [1.807, 2.05) is 39.8 Å². The molecular weight excluding hydrogens is 244 g/mol. The summed E-state index contributed by atoms with van der Waals surface area (Å²) < 4.78 is 0. The third-order valence-corrected chi connectivity index (χ3v) is 4.30. The molecule has 1 aliphatic carbocycles. The molecule has 1 heterocycles. The van der Waals surface area contributed by atoms with Crippen LogP contribution in [0.25, 0.3) is 11.0 Å². The maximum absolute atomic E-state index is 12.5. The summed E-state index contributed by atoms with van der Waals surface area (Å²) in [5.41, 5.74) is 3.12. The Morgan fingerprint density at radius 3 is 2.28 bits per heavy atom. The molecule has 0 bridgehead atoms. The first-order valence-corrected chi connectivity index (χ1v) is 6.48. The molecule has 4 heteroatoms. The van der Waals surface area contributed by atoms with Gasteiger partial charge < -0.3 is 4.98 Å². The van der Waals surface area contributed by atoms with Crippen LogP contribution in [0.4, 0.5) is 0 Å². The van der Waals surface area contributed by atoms with Gasteiger partial charge in [0.1, 0.15) is 0 Å². The largest absolute Gasteiger partial charge is 0.333 e. The van der Waals surface area contributed by atoms with Crippen LogP contribution in [0.1, 0.15) is 38.8 Å². The van der Waals surface area contributed by atoms with Crippen LogP contribution in [0.3, 0.4) is 0 Å². The minimum atomic E-state index is -0.442. The van der Waals surface area contributed by atoms with E-state index in [1.54, 1.807) is 0 Å². The Morgan fingerprint density at radius 1 is 1.11 bits per heavy atom. The van der Waals surface area contributed by atoms with E-state index in [0.29, 0.717) is 5.16 Å². The van der Waals surface area contributed by atoms with Crippen molar-refractivity contribution in [3.63, 3.8) is 0 Å². The molecule has 3 nitrogen and oxygen atoms in total. The highest BCUT2D eigenvalue weighted by Gasteiger charge is 2.50. The van der Waals surface area contributed by atoms with Gasteiger partial charge in [-0.3, -0.25) is 4.79 Å². The molecule has 0 atom stereocenters. The Balaban J connectivity index is 2.41. The fraction of sp³-hybridized carbons (Fsp3) is 0.429. The standard InChI is InChI=1S/C14H16N2OS/c1-13(2)7-5-9-10(16-12(18)15-9)6-8(7)14(3,4)11(13)17/h5-6H,1-4H3,(H2,15,16,18). The van der Waals surface area contributed by atoms with E-state index in [1.165, 1.54) is 0 Å². The summed E-state index contributed by atoms with van der Waals surface area (Å²) in [6.07, 6.45) is 0. The molecule has 1 aromatic heterocycles. The summed E-state index contributed by atoms with van der Waals surface area (Å²) in [4.78, 5) is 20.0. The number of ketones is 1. The van der Waals surface area contributed by atoms with Gasteiger partial charge >= 0.3 is 0 Å². The van der Waals surface area contributed by atoms with Crippen LogP contribution in [0, 0.1) is 0 Å². The number of aromatic nitrogens is 2. The number of benzene rings is 1. The Hall–Kier alpha value is -1.29. The van der Waals surface area contributed by atoms with Crippen LogP contribution in [-0.4, -0.2) is 15.8 Å². The van der Waals surface area contributed by atoms with E-state index in [9.17, 15) is 4.79 Å². The predicted molar refractivity (Wildman–Crippen MR) is 74.4 cm³/mol. The van der Waals surface area contributed by atoms with Crippen molar-refractivity contribution in [3.05, 3.63) is 23.3 Å². The van der Waals surface area contributed by atoms with E-state index in [2.05, 4.69) is 22.6 Å². The highest BCUT2D eigenvalue weighted by atomic mass is 32.1. The van der Waals surface area contributed by atoms with Crippen molar-refractivity contribution in [3.8, 4) is 0 Å². The number of nitrogens with one attached hydrogen (secondary N) is 1. The van der Waals surface area contributed by atoms with Gasteiger partial charge in [0.05, 0.1) is 11.0 Å². The van der Waals surface area contributed by atoms with Gasteiger partial charge in [0.2, 0.25) is 0 Å². The van der Waals surface area contributed by atoms with E-state index in [0.717, 1.165) is 22.2 Å². The number of thiol groups is 1. The molecule has 18 heavy (non-hydrogen) atoms. The molecule has 1 aromatic carbocycles. The predicted octanol–water partition coefficient (Wildman–Crippen LogP) is 2.99. The minimum absolute atomic E-state index is 0.267. The summed E-state index contributed by atoms with van der Waals surface area (Å²) in [6.45, 7) is 7.96. The fourth-order valence-corrected chi connectivity index (χ4v) is 3.33. The summed E-state index contributed by atoms with van der Waals surface area (Å²) in [5, 5.41) is 0.607. The van der Waals surface area contributed by atoms with Crippen molar-refractivity contribution in [1.29, 1.82) is 0 Å². The third-order valence-electron chi connectivity index (χ3n) is 4.09. The Bertz CT molecular complexity index is 627. The highest BCUT2D eigenvalue weighted by Crippen LogP contribution is 2.47.